The maximum atomic E-state index is 12.9. The van der Waals surface area contributed by atoms with Gasteiger partial charge in [0.25, 0.3) is 0 Å². The number of rotatable bonds is 6. The van der Waals surface area contributed by atoms with Gasteiger partial charge in [0.2, 0.25) is 5.91 Å². The molecule has 1 unspecified atom stereocenters. The maximum Gasteiger partial charge on any atom is 0.418 e. The summed E-state index contributed by atoms with van der Waals surface area (Å²) in [6, 6.07) is 4.21. The van der Waals surface area contributed by atoms with Crippen molar-refractivity contribution in [3.8, 4) is 0 Å². The average molecular weight is 304 g/mol. The number of nitrogens with zero attached hydrogens (tertiary/aromatic N) is 1. The predicted molar refractivity (Wildman–Crippen MR) is 73.9 cm³/mol. The summed E-state index contributed by atoms with van der Waals surface area (Å²) in [5, 5.41) is 11.2. The van der Waals surface area contributed by atoms with Gasteiger partial charge in [-0.1, -0.05) is 19.1 Å². The second-order valence-electron chi connectivity index (χ2n) is 4.56. The van der Waals surface area contributed by atoms with Crippen LogP contribution in [-0.4, -0.2) is 41.7 Å². The van der Waals surface area contributed by atoms with Crippen LogP contribution in [-0.2, 0) is 11.0 Å². The van der Waals surface area contributed by atoms with Gasteiger partial charge in [-0.3, -0.25) is 9.69 Å². The molecule has 0 spiro atoms. The maximum absolute atomic E-state index is 12.9. The fourth-order valence-electron chi connectivity index (χ4n) is 2.00. The van der Waals surface area contributed by atoms with E-state index >= 15 is 0 Å². The van der Waals surface area contributed by atoms with Gasteiger partial charge in [-0.2, -0.15) is 13.2 Å². The van der Waals surface area contributed by atoms with Gasteiger partial charge in [0.1, 0.15) is 0 Å². The Morgan fingerprint density at radius 3 is 2.52 bits per heavy atom. The highest BCUT2D eigenvalue weighted by molar-refractivity contribution is 5.95. The van der Waals surface area contributed by atoms with E-state index in [-0.39, 0.29) is 18.8 Å². The van der Waals surface area contributed by atoms with E-state index < -0.39 is 23.7 Å². The number of nitrogens with one attached hydrogen (secondary N) is 1. The summed E-state index contributed by atoms with van der Waals surface area (Å²) >= 11 is 0. The summed E-state index contributed by atoms with van der Waals surface area (Å²) in [4.78, 5) is 13.7. The summed E-state index contributed by atoms with van der Waals surface area (Å²) in [6.07, 6.45) is -4.53. The number of aliphatic hydroxyl groups excluding tert-OH is 1. The summed E-state index contributed by atoms with van der Waals surface area (Å²) in [5.41, 5.74) is -1.14. The lowest BCUT2D eigenvalue weighted by atomic mass is 10.1. The van der Waals surface area contributed by atoms with Crippen LogP contribution in [0.15, 0.2) is 24.3 Å². The van der Waals surface area contributed by atoms with Crippen LogP contribution in [0.4, 0.5) is 18.9 Å². The number of halogens is 3. The Hall–Kier alpha value is -1.60. The molecule has 0 saturated carbocycles. The van der Waals surface area contributed by atoms with E-state index in [0.717, 1.165) is 6.07 Å². The lowest BCUT2D eigenvalue weighted by molar-refractivity contribution is -0.137. The van der Waals surface area contributed by atoms with E-state index in [9.17, 15) is 18.0 Å². The Kier molecular flexibility index (Phi) is 6.17. The molecule has 1 rings (SSSR count). The van der Waals surface area contributed by atoms with Crippen LogP contribution >= 0.6 is 0 Å². The third-order valence-corrected chi connectivity index (χ3v) is 3.21. The molecule has 7 heteroatoms. The number of carbonyl (C=O) groups excluding carboxylic acids is 1. The molecule has 1 atom stereocenters. The number of alkyl halides is 3. The van der Waals surface area contributed by atoms with Gasteiger partial charge in [0.15, 0.2) is 0 Å². The first-order valence-corrected chi connectivity index (χ1v) is 6.63. The lowest BCUT2D eigenvalue weighted by Crippen LogP contribution is -2.43. The number of carbonyl (C=O) groups is 1. The molecule has 0 aliphatic rings. The van der Waals surface area contributed by atoms with Crippen LogP contribution in [0, 0.1) is 0 Å². The average Bonchev–Trinajstić information content (AvgIpc) is 2.43. The normalized spacial score (nSPS) is 13.3. The molecule has 21 heavy (non-hydrogen) atoms. The number of likely N-dealkylation sites (N-methyl/N-ethyl adjacent to an activating group) is 1. The highest BCUT2D eigenvalue weighted by Crippen LogP contribution is 2.34. The number of para-hydroxylation sites is 1. The van der Waals surface area contributed by atoms with Crippen molar-refractivity contribution >= 4 is 11.6 Å². The molecular formula is C14H19F3N2O2. The first-order valence-electron chi connectivity index (χ1n) is 6.63. The predicted octanol–water partition coefficient (Wildman–Crippen LogP) is 2.35. The van der Waals surface area contributed by atoms with E-state index in [1.54, 1.807) is 11.8 Å². The Balaban J connectivity index is 2.89. The van der Waals surface area contributed by atoms with E-state index in [4.69, 9.17) is 5.11 Å². The first-order chi connectivity index (χ1) is 9.81. The molecular weight excluding hydrogens is 285 g/mol. The molecule has 0 bridgehead atoms. The molecule has 0 aliphatic carbocycles. The molecule has 1 aromatic carbocycles. The Morgan fingerprint density at radius 2 is 2.00 bits per heavy atom. The van der Waals surface area contributed by atoms with Crippen LogP contribution in [0.25, 0.3) is 0 Å². The summed E-state index contributed by atoms with van der Waals surface area (Å²) in [7, 11) is 0. The second-order valence-corrected chi connectivity index (χ2v) is 4.56. The van der Waals surface area contributed by atoms with Gasteiger partial charge in [0.05, 0.1) is 23.9 Å². The van der Waals surface area contributed by atoms with Gasteiger partial charge in [-0.05, 0) is 25.6 Å². The Morgan fingerprint density at radius 1 is 1.38 bits per heavy atom. The van der Waals surface area contributed by atoms with Crippen LogP contribution in [0.2, 0.25) is 0 Å². The zero-order valence-electron chi connectivity index (χ0n) is 11.9. The molecule has 2 N–H and O–H groups in total. The molecule has 1 aromatic rings. The van der Waals surface area contributed by atoms with Crippen molar-refractivity contribution < 1.29 is 23.1 Å². The fourth-order valence-corrected chi connectivity index (χ4v) is 2.00. The number of anilines is 1. The van der Waals surface area contributed by atoms with Gasteiger partial charge in [-0.25, -0.2) is 0 Å². The largest absolute Gasteiger partial charge is 0.418 e. The first kappa shape index (κ1) is 17.5. The van der Waals surface area contributed by atoms with Gasteiger partial charge in [-0.15, -0.1) is 0 Å². The van der Waals surface area contributed by atoms with Crippen LogP contribution in [0.5, 0.6) is 0 Å². The molecule has 1 amide bonds. The molecule has 0 radical (unpaired) electrons. The van der Waals surface area contributed by atoms with Crippen molar-refractivity contribution in [2.45, 2.75) is 26.1 Å². The summed E-state index contributed by atoms with van der Waals surface area (Å²) in [6.45, 7) is 4.07. The molecule has 0 aliphatic heterocycles. The minimum Gasteiger partial charge on any atom is -0.395 e. The molecule has 118 valence electrons. The van der Waals surface area contributed by atoms with E-state index in [2.05, 4.69) is 5.32 Å². The molecule has 0 heterocycles. The lowest BCUT2D eigenvalue weighted by Gasteiger charge is -2.26. The minimum absolute atomic E-state index is 0.120. The number of benzene rings is 1. The van der Waals surface area contributed by atoms with Crippen molar-refractivity contribution in [2.24, 2.45) is 0 Å². The molecule has 0 saturated heterocycles. The van der Waals surface area contributed by atoms with E-state index in [1.807, 2.05) is 6.92 Å². The number of hydrogen-bond acceptors (Lipinski definition) is 3. The number of aliphatic hydroxyl groups is 1. The standard InChI is InChI=1S/C14H19F3N2O2/c1-3-19(8-9-20)10(2)13(21)18-12-7-5-4-6-11(12)14(15,16)17/h4-7,10,20H,3,8-9H2,1-2H3,(H,18,21). The minimum atomic E-state index is -4.53. The number of hydrogen-bond donors (Lipinski definition) is 2. The van der Waals surface area contributed by atoms with Crippen molar-refractivity contribution in [1.29, 1.82) is 0 Å². The molecule has 4 nitrogen and oxygen atoms in total. The highest BCUT2D eigenvalue weighted by atomic mass is 19.4. The number of amides is 1. The quantitative estimate of drug-likeness (QED) is 0.848. The Bertz CT molecular complexity index is 478. The van der Waals surface area contributed by atoms with Gasteiger partial charge in [0, 0.05) is 6.54 Å². The topological polar surface area (TPSA) is 52.6 Å². The van der Waals surface area contributed by atoms with Crippen molar-refractivity contribution in [2.75, 3.05) is 25.0 Å². The highest BCUT2D eigenvalue weighted by Gasteiger charge is 2.34. The van der Waals surface area contributed by atoms with Crippen molar-refractivity contribution in [3.05, 3.63) is 29.8 Å². The fraction of sp³-hybridized carbons (Fsp3) is 0.500. The van der Waals surface area contributed by atoms with Crippen LogP contribution < -0.4 is 5.32 Å². The summed E-state index contributed by atoms with van der Waals surface area (Å²) in [5.74, 6) is -0.540. The van der Waals surface area contributed by atoms with Gasteiger partial charge < -0.3 is 10.4 Å². The SMILES string of the molecule is CCN(CCO)C(C)C(=O)Nc1ccccc1C(F)(F)F. The second kappa shape index (κ2) is 7.42. The molecule has 0 aromatic heterocycles. The smallest absolute Gasteiger partial charge is 0.395 e. The van der Waals surface area contributed by atoms with E-state index in [0.29, 0.717) is 6.54 Å². The van der Waals surface area contributed by atoms with Crippen molar-refractivity contribution in [3.63, 3.8) is 0 Å². The third-order valence-electron chi connectivity index (χ3n) is 3.21. The summed E-state index contributed by atoms with van der Waals surface area (Å²) < 4.78 is 38.6. The third kappa shape index (κ3) is 4.71. The van der Waals surface area contributed by atoms with Crippen LogP contribution in [0.1, 0.15) is 19.4 Å². The zero-order valence-corrected chi connectivity index (χ0v) is 11.9. The van der Waals surface area contributed by atoms with Crippen molar-refractivity contribution in [1.82, 2.24) is 4.90 Å². The zero-order chi connectivity index (χ0) is 16.0. The molecule has 0 fully saturated rings. The van der Waals surface area contributed by atoms with Crippen LogP contribution in [0.3, 0.4) is 0 Å². The van der Waals surface area contributed by atoms with E-state index in [1.165, 1.54) is 18.2 Å². The monoisotopic (exact) mass is 304 g/mol. The van der Waals surface area contributed by atoms with Gasteiger partial charge >= 0.3 is 6.18 Å². The Labute approximate surface area is 121 Å².